The van der Waals surface area contributed by atoms with E-state index in [-0.39, 0.29) is 12.1 Å². The highest BCUT2D eigenvalue weighted by molar-refractivity contribution is 5.66. The molecule has 0 N–H and O–H groups in total. The van der Waals surface area contributed by atoms with E-state index in [9.17, 15) is 4.79 Å². The van der Waals surface area contributed by atoms with E-state index in [1.54, 1.807) is 0 Å². The number of rotatable bonds is 1. The Morgan fingerprint density at radius 3 is 3.00 bits per heavy atom. The zero-order valence-corrected chi connectivity index (χ0v) is 8.48. The molecule has 3 aliphatic carbocycles. The molecule has 0 amide bonds. The average molecular weight is 192 g/mol. The second kappa shape index (κ2) is 2.85. The molecule has 0 saturated heterocycles. The van der Waals surface area contributed by atoms with Crippen LogP contribution in [0.1, 0.15) is 26.2 Å². The van der Waals surface area contributed by atoms with Gasteiger partial charge in [0.25, 0.3) is 0 Å². The first-order chi connectivity index (χ1) is 6.75. The van der Waals surface area contributed by atoms with Crippen molar-refractivity contribution >= 4 is 5.97 Å². The van der Waals surface area contributed by atoms with Crippen molar-refractivity contribution in [2.24, 2.45) is 23.7 Å². The SMILES string of the molecule is CC(=O)O[C@@H]1C[C@H]2C[C@H]1[C@H]1C=CC[C@@H]21. The van der Waals surface area contributed by atoms with Crippen molar-refractivity contribution in [3.63, 3.8) is 0 Å². The van der Waals surface area contributed by atoms with E-state index in [2.05, 4.69) is 12.2 Å². The van der Waals surface area contributed by atoms with E-state index in [1.165, 1.54) is 19.8 Å². The van der Waals surface area contributed by atoms with Gasteiger partial charge in [-0.1, -0.05) is 12.2 Å². The summed E-state index contributed by atoms with van der Waals surface area (Å²) in [6.07, 6.45) is 8.56. The van der Waals surface area contributed by atoms with Gasteiger partial charge in [0, 0.05) is 12.8 Å². The Hall–Kier alpha value is -0.790. The molecule has 2 nitrogen and oxygen atoms in total. The molecule has 0 unspecified atom stereocenters. The molecule has 5 atom stereocenters. The van der Waals surface area contributed by atoms with Crippen LogP contribution in [0.15, 0.2) is 12.2 Å². The van der Waals surface area contributed by atoms with Crippen LogP contribution in [0.5, 0.6) is 0 Å². The third-order valence-electron chi connectivity index (χ3n) is 4.27. The van der Waals surface area contributed by atoms with Gasteiger partial charge in [0.05, 0.1) is 0 Å². The molecular formula is C12H16O2. The van der Waals surface area contributed by atoms with Gasteiger partial charge in [-0.15, -0.1) is 0 Å². The van der Waals surface area contributed by atoms with Crippen molar-refractivity contribution in [1.29, 1.82) is 0 Å². The largest absolute Gasteiger partial charge is 0.462 e. The van der Waals surface area contributed by atoms with Gasteiger partial charge in [-0.2, -0.15) is 0 Å². The standard InChI is InChI=1S/C12H16O2/c1-7(13)14-12-6-8-5-11(12)10-4-2-3-9(8)10/h2,4,8-12H,3,5-6H2,1H3/t8-,9+,10+,11+,12-/m1/s1. The van der Waals surface area contributed by atoms with Gasteiger partial charge in [0.1, 0.15) is 6.10 Å². The van der Waals surface area contributed by atoms with Crippen molar-refractivity contribution < 1.29 is 9.53 Å². The minimum absolute atomic E-state index is 0.110. The Morgan fingerprint density at radius 1 is 1.36 bits per heavy atom. The van der Waals surface area contributed by atoms with Crippen molar-refractivity contribution in [2.75, 3.05) is 0 Å². The lowest BCUT2D eigenvalue weighted by molar-refractivity contribution is -0.149. The lowest BCUT2D eigenvalue weighted by Gasteiger charge is -2.30. The Labute approximate surface area is 84.3 Å². The molecule has 2 saturated carbocycles. The molecule has 3 aliphatic rings. The highest BCUT2D eigenvalue weighted by Crippen LogP contribution is 2.57. The van der Waals surface area contributed by atoms with Crippen LogP contribution in [0.4, 0.5) is 0 Å². The molecular weight excluding hydrogens is 176 g/mol. The minimum Gasteiger partial charge on any atom is -0.462 e. The van der Waals surface area contributed by atoms with Crippen molar-refractivity contribution in [2.45, 2.75) is 32.3 Å². The summed E-state index contributed by atoms with van der Waals surface area (Å²) in [5.41, 5.74) is 0. The van der Waals surface area contributed by atoms with Crippen molar-refractivity contribution in [3.8, 4) is 0 Å². The van der Waals surface area contributed by atoms with E-state index in [4.69, 9.17) is 4.74 Å². The summed E-state index contributed by atoms with van der Waals surface area (Å²) < 4.78 is 5.38. The lowest BCUT2D eigenvalue weighted by atomic mass is 9.80. The van der Waals surface area contributed by atoms with Gasteiger partial charge in [-0.3, -0.25) is 4.79 Å². The van der Waals surface area contributed by atoms with Crippen LogP contribution in [0.2, 0.25) is 0 Å². The topological polar surface area (TPSA) is 26.3 Å². The van der Waals surface area contributed by atoms with E-state index < -0.39 is 0 Å². The van der Waals surface area contributed by atoms with Crippen LogP contribution in [0.25, 0.3) is 0 Å². The smallest absolute Gasteiger partial charge is 0.302 e. The number of hydrogen-bond donors (Lipinski definition) is 0. The molecule has 0 aromatic rings. The number of hydrogen-bond acceptors (Lipinski definition) is 2. The molecule has 76 valence electrons. The zero-order valence-electron chi connectivity index (χ0n) is 8.48. The Morgan fingerprint density at radius 2 is 2.21 bits per heavy atom. The van der Waals surface area contributed by atoms with Gasteiger partial charge < -0.3 is 4.74 Å². The van der Waals surface area contributed by atoms with Gasteiger partial charge in [-0.25, -0.2) is 0 Å². The second-order valence-electron chi connectivity index (χ2n) is 4.95. The van der Waals surface area contributed by atoms with E-state index >= 15 is 0 Å². The van der Waals surface area contributed by atoms with Gasteiger partial charge in [0.2, 0.25) is 0 Å². The quantitative estimate of drug-likeness (QED) is 0.470. The fourth-order valence-electron chi connectivity index (χ4n) is 3.83. The Kier molecular flexibility index (Phi) is 1.73. The van der Waals surface area contributed by atoms with Gasteiger partial charge in [-0.05, 0) is 37.0 Å². The van der Waals surface area contributed by atoms with Gasteiger partial charge in [0.15, 0.2) is 0 Å². The summed E-state index contributed by atoms with van der Waals surface area (Å²) in [6, 6.07) is 0. The maximum Gasteiger partial charge on any atom is 0.302 e. The van der Waals surface area contributed by atoms with E-state index in [0.717, 1.165) is 24.2 Å². The van der Waals surface area contributed by atoms with Crippen LogP contribution in [-0.2, 0) is 9.53 Å². The predicted octanol–water partition coefficient (Wildman–Crippen LogP) is 2.15. The summed E-state index contributed by atoms with van der Waals surface area (Å²) in [5, 5.41) is 0. The Bertz CT molecular complexity index is 295. The first-order valence-electron chi connectivity index (χ1n) is 5.59. The number of carbonyl (C=O) groups excluding carboxylic acids is 1. The highest BCUT2D eigenvalue weighted by Gasteiger charge is 2.53. The Balaban J connectivity index is 1.76. The number of allylic oxidation sites excluding steroid dienone is 2. The first-order valence-corrected chi connectivity index (χ1v) is 5.59. The van der Waals surface area contributed by atoms with Crippen molar-refractivity contribution in [3.05, 3.63) is 12.2 Å². The maximum atomic E-state index is 10.9. The first kappa shape index (κ1) is 8.51. The fourth-order valence-corrected chi connectivity index (χ4v) is 3.83. The highest BCUT2D eigenvalue weighted by atomic mass is 16.5. The van der Waals surface area contributed by atoms with Crippen molar-refractivity contribution in [1.82, 2.24) is 0 Å². The molecule has 0 aromatic carbocycles. The lowest BCUT2D eigenvalue weighted by Crippen LogP contribution is -2.31. The normalized spacial score (nSPS) is 48.2. The summed E-state index contributed by atoms with van der Waals surface area (Å²) in [5.74, 6) is 2.95. The molecule has 2 heteroatoms. The third-order valence-corrected chi connectivity index (χ3v) is 4.27. The predicted molar refractivity (Wildman–Crippen MR) is 52.5 cm³/mol. The summed E-state index contributed by atoms with van der Waals surface area (Å²) in [4.78, 5) is 10.9. The summed E-state index contributed by atoms with van der Waals surface area (Å²) >= 11 is 0. The van der Waals surface area contributed by atoms with Crippen LogP contribution < -0.4 is 0 Å². The van der Waals surface area contributed by atoms with Crippen LogP contribution in [0, 0.1) is 23.7 Å². The van der Waals surface area contributed by atoms with Gasteiger partial charge >= 0.3 is 5.97 Å². The second-order valence-corrected chi connectivity index (χ2v) is 4.95. The monoisotopic (exact) mass is 192 g/mol. The number of carbonyl (C=O) groups is 1. The van der Waals surface area contributed by atoms with Crippen LogP contribution in [-0.4, -0.2) is 12.1 Å². The summed E-state index contributed by atoms with van der Waals surface area (Å²) in [7, 11) is 0. The molecule has 3 rings (SSSR count). The summed E-state index contributed by atoms with van der Waals surface area (Å²) in [6.45, 7) is 1.52. The number of esters is 1. The van der Waals surface area contributed by atoms with E-state index in [0.29, 0.717) is 5.92 Å². The molecule has 0 spiro atoms. The maximum absolute atomic E-state index is 10.9. The minimum atomic E-state index is -0.110. The fraction of sp³-hybridized carbons (Fsp3) is 0.750. The average Bonchev–Trinajstić information content (AvgIpc) is 2.68. The molecule has 0 aliphatic heterocycles. The van der Waals surface area contributed by atoms with Crippen LogP contribution >= 0.6 is 0 Å². The van der Waals surface area contributed by atoms with E-state index in [1.807, 2.05) is 0 Å². The number of fused-ring (bicyclic) bond motifs is 5. The molecule has 0 aromatic heterocycles. The number of ether oxygens (including phenoxy) is 1. The van der Waals surface area contributed by atoms with Crippen LogP contribution in [0.3, 0.4) is 0 Å². The molecule has 0 heterocycles. The molecule has 2 fully saturated rings. The molecule has 0 radical (unpaired) electrons. The molecule has 14 heavy (non-hydrogen) atoms. The zero-order chi connectivity index (χ0) is 9.71. The molecule has 2 bridgehead atoms. The third kappa shape index (κ3) is 1.06.